The molecule has 0 unspecified atom stereocenters. The van der Waals surface area contributed by atoms with E-state index in [0.29, 0.717) is 22.6 Å². The maximum absolute atomic E-state index is 12.5. The molecule has 31 heavy (non-hydrogen) atoms. The number of amides is 1. The van der Waals surface area contributed by atoms with Crippen molar-refractivity contribution in [1.82, 2.24) is 9.97 Å². The largest absolute Gasteiger partial charge is 0.437 e. The SMILES string of the molecule is CC(C)=CC(=O)c1ccccc1Oc1nc(Nc2cc(C(N)=O)ccc2C)ncc1Cl. The lowest BCUT2D eigenvalue weighted by atomic mass is 10.1. The molecule has 0 spiro atoms. The molecule has 1 heterocycles. The molecule has 3 aromatic rings. The van der Waals surface area contributed by atoms with Crippen molar-refractivity contribution in [3.63, 3.8) is 0 Å². The zero-order valence-electron chi connectivity index (χ0n) is 17.3. The highest BCUT2D eigenvalue weighted by Crippen LogP contribution is 2.31. The lowest BCUT2D eigenvalue weighted by molar-refractivity contribution is 0.0998. The Balaban J connectivity index is 1.92. The van der Waals surface area contributed by atoms with Crippen molar-refractivity contribution in [3.05, 3.63) is 82.0 Å². The molecule has 1 aromatic heterocycles. The van der Waals surface area contributed by atoms with Gasteiger partial charge in [0.1, 0.15) is 10.8 Å². The minimum atomic E-state index is -0.540. The van der Waals surface area contributed by atoms with Crippen LogP contribution in [0.2, 0.25) is 5.02 Å². The van der Waals surface area contributed by atoms with E-state index in [1.807, 2.05) is 20.8 Å². The fourth-order valence-corrected chi connectivity index (χ4v) is 2.85. The molecule has 2 aromatic carbocycles. The van der Waals surface area contributed by atoms with Gasteiger partial charge in [-0.2, -0.15) is 4.98 Å². The van der Waals surface area contributed by atoms with E-state index in [2.05, 4.69) is 15.3 Å². The molecule has 3 N–H and O–H groups in total. The van der Waals surface area contributed by atoms with Crippen LogP contribution >= 0.6 is 11.6 Å². The number of primary amides is 1. The third-order valence-corrected chi connectivity index (χ3v) is 4.52. The van der Waals surface area contributed by atoms with Crippen molar-refractivity contribution in [3.8, 4) is 11.6 Å². The Kier molecular flexibility index (Phi) is 6.67. The number of nitrogens with two attached hydrogens (primary N) is 1. The number of carbonyl (C=O) groups is 2. The van der Waals surface area contributed by atoms with Crippen LogP contribution in [0.4, 0.5) is 11.6 Å². The smallest absolute Gasteiger partial charge is 0.248 e. The number of aromatic nitrogens is 2. The van der Waals surface area contributed by atoms with Gasteiger partial charge in [0.15, 0.2) is 5.78 Å². The number of hydrogen-bond acceptors (Lipinski definition) is 6. The second-order valence-electron chi connectivity index (χ2n) is 7.05. The van der Waals surface area contributed by atoms with Crippen LogP contribution < -0.4 is 15.8 Å². The van der Waals surface area contributed by atoms with Gasteiger partial charge in [-0.15, -0.1) is 0 Å². The number of halogens is 1. The summed E-state index contributed by atoms with van der Waals surface area (Å²) in [7, 11) is 0. The number of aryl methyl sites for hydroxylation is 1. The molecule has 0 fully saturated rings. The van der Waals surface area contributed by atoms with Crippen molar-refractivity contribution in [1.29, 1.82) is 0 Å². The highest BCUT2D eigenvalue weighted by molar-refractivity contribution is 6.31. The molecule has 0 radical (unpaired) electrons. The summed E-state index contributed by atoms with van der Waals surface area (Å²) in [5.74, 6) is -0.110. The molecule has 1 amide bonds. The van der Waals surface area contributed by atoms with E-state index in [-0.39, 0.29) is 22.6 Å². The average molecular weight is 437 g/mol. The summed E-state index contributed by atoms with van der Waals surface area (Å²) in [6.07, 6.45) is 2.92. The van der Waals surface area contributed by atoms with Crippen molar-refractivity contribution in [2.75, 3.05) is 5.32 Å². The lowest BCUT2D eigenvalue weighted by Gasteiger charge is -2.13. The molecule has 0 saturated carbocycles. The normalized spacial score (nSPS) is 10.3. The average Bonchev–Trinajstić information content (AvgIpc) is 2.71. The summed E-state index contributed by atoms with van der Waals surface area (Å²) in [5, 5.41) is 3.22. The molecule has 0 atom stereocenters. The predicted molar refractivity (Wildman–Crippen MR) is 120 cm³/mol. The molecular formula is C23H21ClN4O3. The predicted octanol–water partition coefficient (Wildman–Crippen LogP) is 5.22. The Labute approximate surface area is 184 Å². The van der Waals surface area contributed by atoms with Gasteiger partial charge in [0, 0.05) is 11.3 Å². The number of ketones is 1. The first-order valence-electron chi connectivity index (χ1n) is 9.40. The molecular weight excluding hydrogens is 416 g/mol. The minimum Gasteiger partial charge on any atom is -0.437 e. The number of hydrogen-bond donors (Lipinski definition) is 2. The lowest BCUT2D eigenvalue weighted by Crippen LogP contribution is -2.11. The molecule has 0 aliphatic carbocycles. The van der Waals surface area contributed by atoms with Gasteiger partial charge in [0.05, 0.1) is 11.8 Å². The molecule has 0 aliphatic rings. The molecule has 8 heteroatoms. The highest BCUT2D eigenvalue weighted by atomic mass is 35.5. The number of para-hydroxylation sites is 1. The van der Waals surface area contributed by atoms with Crippen LogP contribution in [-0.4, -0.2) is 21.7 Å². The summed E-state index contributed by atoms with van der Waals surface area (Å²) < 4.78 is 5.87. The second-order valence-corrected chi connectivity index (χ2v) is 7.46. The van der Waals surface area contributed by atoms with Gasteiger partial charge in [0.25, 0.3) is 0 Å². The Morgan fingerprint density at radius 3 is 2.61 bits per heavy atom. The van der Waals surface area contributed by atoms with Gasteiger partial charge in [-0.05, 0) is 56.7 Å². The standard InChI is InChI=1S/C23H21ClN4O3/c1-13(2)10-19(29)16-6-4-5-7-20(16)31-22-17(24)12-26-23(28-22)27-18-11-15(21(25)30)9-8-14(18)3/h4-12H,1-3H3,(H2,25,30)(H,26,27,28). The van der Waals surface area contributed by atoms with Gasteiger partial charge in [-0.1, -0.05) is 35.4 Å². The summed E-state index contributed by atoms with van der Waals surface area (Å²) in [6.45, 7) is 5.55. The van der Waals surface area contributed by atoms with Gasteiger partial charge < -0.3 is 15.8 Å². The zero-order chi connectivity index (χ0) is 22.5. The Bertz CT molecular complexity index is 1190. The van der Waals surface area contributed by atoms with Crippen molar-refractivity contribution < 1.29 is 14.3 Å². The van der Waals surface area contributed by atoms with Crippen LogP contribution in [0.25, 0.3) is 0 Å². The van der Waals surface area contributed by atoms with Gasteiger partial charge >= 0.3 is 0 Å². The van der Waals surface area contributed by atoms with Crippen molar-refractivity contribution in [2.24, 2.45) is 5.73 Å². The zero-order valence-corrected chi connectivity index (χ0v) is 18.0. The van der Waals surface area contributed by atoms with E-state index >= 15 is 0 Å². The molecule has 0 saturated heterocycles. The Hall–Kier alpha value is -3.71. The van der Waals surface area contributed by atoms with Crippen molar-refractivity contribution >= 4 is 34.9 Å². The van der Waals surface area contributed by atoms with Crippen LogP contribution in [0.15, 0.2) is 60.3 Å². The van der Waals surface area contributed by atoms with Crippen LogP contribution in [0, 0.1) is 6.92 Å². The van der Waals surface area contributed by atoms with Crippen molar-refractivity contribution in [2.45, 2.75) is 20.8 Å². The van der Waals surface area contributed by atoms with E-state index in [1.54, 1.807) is 42.5 Å². The minimum absolute atomic E-state index is 0.0836. The molecule has 0 bridgehead atoms. The van der Waals surface area contributed by atoms with Gasteiger partial charge in [-0.3, -0.25) is 9.59 Å². The summed E-state index contributed by atoms with van der Waals surface area (Å²) in [4.78, 5) is 32.5. The number of nitrogens with one attached hydrogen (secondary N) is 1. The molecule has 0 aliphatic heterocycles. The number of rotatable bonds is 7. The number of anilines is 2. The number of benzene rings is 2. The fraction of sp³-hybridized carbons (Fsp3) is 0.130. The van der Waals surface area contributed by atoms with Crippen LogP contribution in [0.5, 0.6) is 11.6 Å². The molecule has 7 nitrogen and oxygen atoms in total. The van der Waals surface area contributed by atoms with Crippen LogP contribution in [0.1, 0.15) is 40.1 Å². The summed E-state index contributed by atoms with van der Waals surface area (Å²) >= 11 is 6.23. The Morgan fingerprint density at radius 1 is 1.16 bits per heavy atom. The first-order chi connectivity index (χ1) is 14.7. The first-order valence-corrected chi connectivity index (χ1v) is 9.78. The Morgan fingerprint density at radius 2 is 1.90 bits per heavy atom. The molecule has 3 rings (SSSR count). The number of ether oxygens (including phenoxy) is 1. The molecule has 158 valence electrons. The van der Waals surface area contributed by atoms with Crippen LogP contribution in [0.3, 0.4) is 0 Å². The third kappa shape index (κ3) is 5.46. The third-order valence-electron chi connectivity index (χ3n) is 4.26. The quantitative estimate of drug-likeness (QED) is 0.388. The number of allylic oxidation sites excluding steroid dienone is 2. The highest BCUT2D eigenvalue weighted by Gasteiger charge is 2.15. The maximum Gasteiger partial charge on any atom is 0.248 e. The summed E-state index contributed by atoms with van der Waals surface area (Å²) in [5.41, 5.74) is 8.45. The van der Waals surface area contributed by atoms with E-state index in [4.69, 9.17) is 22.1 Å². The maximum atomic E-state index is 12.5. The number of nitrogens with zero attached hydrogens (tertiary/aromatic N) is 2. The van der Waals surface area contributed by atoms with E-state index in [0.717, 1.165) is 11.1 Å². The van der Waals surface area contributed by atoms with Gasteiger partial charge in [-0.25, -0.2) is 4.98 Å². The topological polar surface area (TPSA) is 107 Å². The first kappa shape index (κ1) is 22.0. The monoisotopic (exact) mass is 436 g/mol. The van der Waals surface area contributed by atoms with Crippen LogP contribution in [-0.2, 0) is 0 Å². The van der Waals surface area contributed by atoms with Gasteiger partial charge in [0.2, 0.25) is 17.7 Å². The number of carbonyl (C=O) groups excluding carboxylic acids is 2. The van der Waals surface area contributed by atoms with E-state index in [1.165, 1.54) is 12.3 Å². The summed E-state index contributed by atoms with van der Waals surface area (Å²) in [6, 6.07) is 11.9. The van der Waals surface area contributed by atoms with E-state index < -0.39 is 5.91 Å². The second kappa shape index (κ2) is 9.40. The van der Waals surface area contributed by atoms with E-state index in [9.17, 15) is 9.59 Å². The fourth-order valence-electron chi connectivity index (χ4n) is 2.72.